The molecule has 7 nitrogen and oxygen atoms in total. The third-order valence-corrected chi connectivity index (χ3v) is 6.47. The van der Waals surface area contributed by atoms with Crippen LogP contribution in [0, 0.1) is 25.7 Å². The van der Waals surface area contributed by atoms with Crippen molar-refractivity contribution in [1.29, 1.82) is 0 Å². The van der Waals surface area contributed by atoms with Crippen LogP contribution in [0.5, 0.6) is 5.75 Å². The lowest BCUT2D eigenvalue weighted by Gasteiger charge is -2.35. The van der Waals surface area contributed by atoms with Crippen molar-refractivity contribution in [1.82, 2.24) is 19.8 Å². The van der Waals surface area contributed by atoms with E-state index in [0.717, 1.165) is 42.2 Å². The predicted molar refractivity (Wildman–Crippen MR) is 117 cm³/mol. The fourth-order valence-corrected chi connectivity index (χ4v) is 4.87. The molecule has 1 aliphatic carbocycles. The van der Waals surface area contributed by atoms with Gasteiger partial charge in [-0.05, 0) is 69.3 Å². The highest BCUT2D eigenvalue weighted by molar-refractivity contribution is 5.78. The smallest absolute Gasteiger partial charge is 0.236 e. The second-order valence-electron chi connectivity index (χ2n) is 9.08. The Morgan fingerprint density at radius 2 is 2.00 bits per heavy atom. The van der Waals surface area contributed by atoms with Crippen molar-refractivity contribution < 1.29 is 14.6 Å². The van der Waals surface area contributed by atoms with Gasteiger partial charge in [0, 0.05) is 37.7 Å². The molecule has 31 heavy (non-hydrogen) atoms. The van der Waals surface area contributed by atoms with Crippen molar-refractivity contribution in [3.05, 3.63) is 53.6 Å². The molecule has 2 aromatic heterocycles. The SMILES string of the molecule is Cc1ccc(O[C@@H]2C[C@@H]3CN(C(=O)CN(C)Cc4cccnc4)C[C@@H]3C[C@H]2O)c(C)n1. The van der Waals surface area contributed by atoms with E-state index in [1.807, 2.05) is 61.2 Å². The molecule has 2 fully saturated rings. The molecule has 1 N–H and O–H groups in total. The number of aryl methyl sites for hydroxylation is 2. The second-order valence-corrected chi connectivity index (χ2v) is 9.08. The minimum Gasteiger partial charge on any atom is -0.486 e. The molecule has 7 heteroatoms. The molecule has 0 aromatic carbocycles. The molecule has 2 aliphatic rings. The summed E-state index contributed by atoms with van der Waals surface area (Å²) in [6.45, 7) is 6.42. The summed E-state index contributed by atoms with van der Waals surface area (Å²) in [6, 6.07) is 7.79. The molecule has 4 atom stereocenters. The normalized spacial score (nSPS) is 25.5. The number of hydrogen-bond donors (Lipinski definition) is 1. The van der Waals surface area contributed by atoms with Crippen molar-refractivity contribution >= 4 is 5.91 Å². The zero-order chi connectivity index (χ0) is 22.0. The van der Waals surface area contributed by atoms with Crippen LogP contribution in [0.3, 0.4) is 0 Å². The van der Waals surface area contributed by atoms with Crippen LogP contribution in [0.15, 0.2) is 36.7 Å². The molecule has 1 aliphatic heterocycles. The van der Waals surface area contributed by atoms with Crippen LogP contribution < -0.4 is 4.74 Å². The zero-order valence-electron chi connectivity index (χ0n) is 18.6. The first-order valence-electron chi connectivity index (χ1n) is 11.0. The average molecular weight is 425 g/mol. The lowest BCUT2D eigenvalue weighted by Crippen LogP contribution is -2.42. The van der Waals surface area contributed by atoms with Gasteiger partial charge in [-0.3, -0.25) is 19.7 Å². The van der Waals surface area contributed by atoms with E-state index in [1.54, 1.807) is 6.20 Å². The molecule has 0 radical (unpaired) electrons. The van der Waals surface area contributed by atoms with Crippen LogP contribution in [0.1, 0.15) is 29.8 Å². The first-order valence-corrected chi connectivity index (χ1v) is 11.0. The number of likely N-dealkylation sites (N-methyl/N-ethyl adjacent to an activating group) is 1. The Hall–Kier alpha value is -2.51. The number of ether oxygens (including phenoxy) is 1. The highest BCUT2D eigenvalue weighted by Gasteiger charge is 2.44. The number of nitrogens with zero attached hydrogens (tertiary/aromatic N) is 4. The summed E-state index contributed by atoms with van der Waals surface area (Å²) in [7, 11) is 1.96. The molecule has 4 rings (SSSR count). The van der Waals surface area contributed by atoms with E-state index in [-0.39, 0.29) is 12.0 Å². The maximum Gasteiger partial charge on any atom is 0.236 e. The molecule has 0 spiro atoms. The molecule has 1 amide bonds. The van der Waals surface area contributed by atoms with E-state index in [2.05, 4.69) is 9.97 Å². The van der Waals surface area contributed by atoms with Gasteiger partial charge >= 0.3 is 0 Å². The molecule has 3 heterocycles. The molecule has 2 aromatic rings. The van der Waals surface area contributed by atoms with Crippen molar-refractivity contribution in [2.24, 2.45) is 11.8 Å². The number of pyridine rings is 2. The van der Waals surface area contributed by atoms with E-state index < -0.39 is 6.10 Å². The van der Waals surface area contributed by atoms with Crippen molar-refractivity contribution in [3.8, 4) is 5.75 Å². The Balaban J connectivity index is 1.32. The van der Waals surface area contributed by atoms with Crippen LogP contribution in [0.4, 0.5) is 0 Å². The zero-order valence-corrected chi connectivity index (χ0v) is 18.6. The topological polar surface area (TPSA) is 78.8 Å². The first-order chi connectivity index (χ1) is 14.9. The maximum atomic E-state index is 12.9. The molecule has 0 bridgehead atoms. The number of carbonyl (C=O) groups is 1. The summed E-state index contributed by atoms with van der Waals surface area (Å²) in [5.41, 5.74) is 2.89. The van der Waals surface area contributed by atoms with Crippen LogP contribution in [-0.4, -0.2) is 69.7 Å². The van der Waals surface area contributed by atoms with Crippen LogP contribution in [-0.2, 0) is 11.3 Å². The number of hydrogen-bond acceptors (Lipinski definition) is 6. The summed E-state index contributed by atoms with van der Waals surface area (Å²) in [6.07, 6.45) is 4.23. The van der Waals surface area contributed by atoms with Crippen LogP contribution >= 0.6 is 0 Å². The van der Waals surface area contributed by atoms with Gasteiger partial charge in [0.15, 0.2) is 0 Å². The molecule has 1 saturated carbocycles. The number of aromatic nitrogens is 2. The number of aliphatic hydroxyl groups is 1. The Morgan fingerprint density at radius 3 is 2.71 bits per heavy atom. The summed E-state index contributed by atoms with van der Waals surface area (Å²) < 4.78 is 6.16. The number of aliphatic hydroxyl groups excluding tert-OH is 1. The monoisotopic (exact) mass is 424 g/mol. The van der Waals surface area contributed by atoms with Gasteiger partial charge in [-0.2, -0.15) is 0 Å². The summed E-state index contributed by atoms with van der Waals surface area (Å²) in [5, 5.41) is 10.7. The fourth-order valence-electron chi connectivity index (χ4n) is 4.87. The number of rotatable bonds is 6. The molecular weight excluding hydrogens is 392 g/mol. The fraction of sp³-hybridized carbons (Fsp3) is 0.542. The first kappa shape index (κ1) is 21.7. The summed E-state index contributed by atoms with van der Waals surface area (Å²) in [4.78, 5) is 25.5. The van der Waals surface area contributed by atoms with Gasteiger partial charge in [0.25, 0.3) is 0 Å². The van der Waals surface area contributed by atoms with Gasteiger partial charge in [-0.25, -0.2) is 0 Å². The Labute approximate surface area is 184 Å². The number of fused-ring (bicyclic) bond motifs is 1. The highest BCUT2D eigenvalue weighted by atomic mass is 16.5. The van der Waals surface area contributed by atoms with E-state index in [0.29, 0.717) is 31.3 Å². The Bertz CT molecular complexity index is 907. The predicted octanol–water partition coefficient (Wildman–Crippen LogP) is 2.20. The largest absolute Gasteiger partial charge is 0.486 e. The molecular formula is C24H32N4O3. The number of likely N-dealkylation sites (tertiary alicyclic amines) is 1. The van der Waals surface area contributed by atoms with E-state index in [9.17, 15) is 9.90 Å². The second kappa shape index (κ2) is 9.32. The minimum absolute atomic E-state index is 0.145. The highest BCUT2D eigenvalue weighted by Crippen LogP contribution is 2.38. The van der Waals surface area contributed by atoms with Gasteiger partial charge in [-0.15, -0.1) is 0 Å². The van der Waals surface area contributed by atoms with E-state index in [4.69, 9.17) is 4.74 Å². The Kier molecular flexibility index (Phi) is 6.53. The standard InChI is InChI=1S/C24H32N4O3/c1-16-6-7-22(17(2)26-16)31-23-10-20-14-28(13-19(20)9-21(23)29)24(30)15-27(3)12-18-5-4-8-25-11-18/h4-8,11,19-21,23,29H,9-10,12-15H2,1-3H3/t19-,20+,21+,23+/m0/s1. The third kappa shape index (κ3) is 5.22. The van der Waals surface area contributed by atoms with E-state index in [1.165, 1.54) is 0 Å². The molecule has 166 valence electrons. The third-order valence-electron chi connectivity index (χ3n) is 6.47. The van der Waals surface area contributed by atoms with Crippen LogP contribution in [0.25, 0.3) is 0 Å². The van der Waals surface area contributed by atoms with Crippen molar-refractivity contribution in [2.75, 3.05) is 26.7 Å². The van der Waals surface area contributed by atoms with E-state index >= 15 is 0 Å². The average Bonchev–Trinajstić information content (AvgIpc) is 3.14. The van der Waals surface area contributed by atoms with Crippen LogP contribution in [0.2, 0.25) is 0 Å². The maximum absolute atomic E-state index is 12.9. The molecule has 0 unspecified atom stereocenters. The van der Waals surface area contributed by atoms with Crippen molar-refractivity contribution in [2.45, 2.75) is 45.4 Å². The van der Waals surface area contributed by atoms with Gasteiger partial charge < -0.3 is 14.7 Å². The minimum atomic E-state index is -0.523. The van der Waals surface area contributed by atoms with Crippen molar-refractivity contribution in [3.63, 3.8) is 0 Å². The summed E-state index contributed by atoms with van der Waals surface area (Å²) >= 11 is 0. The van der Waals surface area contributed by atoms with Gasteiger partial charge in [-0.1, -0.05) is 6.07 Å². The number of amides is 1. The lowest BCUT2D eigenvalue weighted by molar-refractivity contribution is -0.131. The quantitative estimate of drug-likeness (QED) is 0.766. The summed E-state index contributed by atoms with van der Waals surface area (Å²) in [5.74, 6) is 1.57. The Morgan fingerprint density at radius 1 is 1.23 bits per heavy atom. The van der Waals surface area contributed by atoms with Gasteiger partial charge in [0.05, 0.1) is 18.3 Å². The molecule has 1 saturated heterocycles. The van der Waals surface area contributed by atoms with Gasteiger partial charge in [0.2, 0.25) is 5.91 Å². The number of carbonyl (C=O) groups excluding carboxylic acids is 1. The lowest BCUT2D eigenvalue weighted by atomic mass is 9.78. The van der Waals surface area contributed by atoms with Gasteiger partial charge in [0.1, 0.15) is 11.9 Å².